The first-order chi connectivity index (χ1) is 12.1. The molecular weight excluding hydrogens is 376 g/mol. The second-order valence-electron chi connectivity index (χ2n) is 5.59. The molecule has 0 aliphatic heterocycles. The molecule has 0 saturated carbocycles. The zero-order valence-corrected chi connectivity index (χ0v) is 16.1. The summed E-state index contributed by atoms with van der Waals surface area (Å²) in [7, 11) is 1.99. The van der Waals surface area contributed by atoms with Gasteiger partial charge in [-0.1, -0.05) is 23.4 Å². The molecule has 0 unspecified atom stereocenters. The maximum absolute atomic E-state index is 12.6. The second kappa shape index (κ2) is 6.48. The molecule has 0 spiro atoms. The highest BCUT2D eigenvalue weighted by Gasteiger charge is 2.14. The minimum Gasteiger partial charge on any atom is -0.330 e. The van der Waals surface area contributed by atoms with Crippen molar-refractivity contribution in [1.82, 2.24) is 19.1 Å². The lowest BCUT2D eigenvalue weighted by atomic mass is 10.3. The van der Waals surface area contributed by atoms with Crippen LogP contribution in [-0.2, 0) is 19.3 Å². The SMILES string of the molecule is CCn1c(SCc2nc3cc(Cl)ccc3n2C)nc2ccsc2c1=O. The highest BCUT2D eigenvalue weighted by Crippen LogP contribution is 2.26. The number of benzene rings is 1. The summed E-state index contributed by atoms with van der Waals surface area (Å²) in [4.78, 5) is 21.9. The number of hydrogen-bond acceptors (Lipinski definition) is 5. The lowest BCUT2D eigenvalue weighted by Crippen LogP contribution is -2.21. The fourth-order valence-corrected chi connectivity index (χ4v) is 4.79. The van der Waals surface area contributed by atoms with E-state index < -0.39 is 0 Å². The van der Waals surface area contributed by atoms with Gasteiger partial charge in [-0.05, 0) is 36.6 Å². The van der Waals surface area contributed by atoms with Gasteiger partial charge in [-0.2, -0.15) is 0 Å². The van der Waals surface area contributed by atoms with Gasteiger partial charge < -0.3 is 4.57 Å². The fraction of sp³-hybridized carbons (Fsp3) is 0.235. The van der Waals surface area contributed by atoms with Crippen molar-refractivity contribution in [1.29, 1.82) is 0 Å². The van der Waals surface area contributed by atoms with Crippen molar-refractivity contribution in [2.75, 3.05) is 0 Å². The zero-order chi connectivity index (χ0) is 17.6. The summed E-state index contributed by atoms with van der Waals surface area (Å²) >= 11 is 9.02. The number of halogens is 1. The molecule has 8 heteroatoms. The van der Waals surface area contributed by atoms with Gasteiger partial charge >= 0.3 is 0 Å². The number of rotatable bonds is 4. The molecule has 0 saturated heterocycles. The normalized spacial score (nSPS) is 11.6. The number of imidazole rings is 1. The summed E-state index contributed by atoms with van der Waals surface area (Å²) in [5.41, 5.74) is 2.70. The highest BCUT2D eigenvalue weighted by molar-refractivity contribution is 7.98. The number of thioether (sulfide) groups is 1. The van der Waals surface area contributed by atoms with Crippen LogP contribution in [0.4, 0.5) is 0 Å². The molecule has 1 aromatic carbocycles. The first-order valence-corrected chi connectivity index (χ1v) is 10.0. The minimum atomic E-state index is 0.0294. The van der Waals surface area contributed by atoms with Gasteiger partial charge in [0.25, 0.3) is 5.56 Å². The molecule has 0 fully saturated rings. The molecule has 25 heavy (non-hydrogen) atoms. The van der Waals surface area contributed by atoms with Crippen LogP contribution in [0.1, 0.15) is 12.7 Å². The summed E-state index contributed by atoms with van der Waals surface area (Å²) < 4.78 is 4.49. The predicted molar refractivity (Wildman–Crippen MR) is 105 cm³/mol. The average Bonchev–Trinajstić information content (AvgIpc) is 3.18. The van der Waals surface area contributed by atoms with Crippen molar-refractivity contribution in [3.63, 3.8) is 0 Å². The van der Waals surface area contributed by atoms with Crippen molar-refractivity contribution in [3.8, 4) is 0 Å². The smallest absolute Gasteiger partial charge is 0.272 e. The van der Waals surface area contributed by atoms with E-state index in [0.29, 0.717) is 22.0 Å². The van der Waals surface area contributed by atoms with Crippen molar-refractivity contribution in [2.24, 2.45) is 7.05 Å². The summed E-state index contributed by atoms with van der Waals surface area (Å²) in [5, 5.41) is 3.31. The predicted octanol–water partition coefficient (Wildman–Crippen LogP) is 4.31. The van der Waals surface area contributed by atoms with E-state index in [1.54, 1.807) is 4.57 Å². The van der Waals surface area contributed by atoms with E-state index in [2.05, 4.69) is 14.5 Å². The number of hydrogen-bond donors (Lipinski definition) is 0. The highest BCUT2D eigenvalue weighted by atomic mass is 35.5. The van der Waals surface area contributed by atoms with Crippen LogP contribution in [0, 0.1) is 0 Å². The van der Waals surface area contributed by atoms with Gasteiger partial charge in [0.15, 0.2) is 5.16 Å². The van der Waals surface area contributed by atoms with E-state index in [1.807, 2.05) is 43.6 Å². The van der Waals surface area contributed by atoms with E-state index in [0.717, 1.165) is 27.5 Å². The molecule has 0 bridgehead atoms. The Labute approximate surface area is 157 Å². The average molecular weight is 391 g/mol. The first kappa shape index (κ1) is 16.6. The van der Waals surface area contributed by atoms with Gasteiger partial charge in [0.05, 0.1) is 22.3 Å². The van der Waals surface area contributed by atoms with Crippen LogP contribution >= 0.6 is 34.7 Å². The molecule has 128 valence electrons. The van der Waals surface area contributed by atoms with Gasteiger partial charge in [-0.25, -0.2) is 9.97 Å². The fourth-order valence-electron chi connectivity index (χ4n) is 2.79. The van der Waals surface area contributed by atoms with Crippen LogP contribution in [0.15, 0.2) is 39.6 Å². The zero-order valence-electron chi connectivity index (χ0n) is 13.7. The Bertz CT molecular complexity index is 1140. The van der Waals surface area contributed by atoms with Crippen LogP contribution in [0.2, 0.25) is 5.02 Å². The third-order valence-electron chi connectivity index (χ3n) is 4.11. The van der Waals surface area contributed by atoms with Crippen molar-refractivity contribution >= 4 is 55.9 Å². The van der Waals surface area contributed by atoms with Gasteiger partial charge in [0.2, 0.25) is 0 Å². The van der Waals surface area contributed by atoms with E-state index in [9.17, 15) is 4.79 Å². The van der Waals surface area contributed by atoms with E-state index in [-0.39, 0.29) is 5.56 Å². The quantitative estimate of drug-likeness (QED) is 0.385. The maximum Gasteiger partial charge on any atom is 0.272 e. The van der Waals surface area contributed by atoms with Crippen molar-refractivity contribution in [3.05, 3.63) is 50.8 Å². The van der Waals surface area contributed by atoms with Crippen molar-refractivity contribution < 1.29 is 0 Å². The van der Waals surface area contributed by atoms with Gasteiger partial charge in [-0.3, -0.25) is 9.36 Å². The largest absolute Gasteiger partial charge is 0.330 e. The molecule has 3 aromatic heterocycles. The van der Waals surface area contributed by atoms with Gasteiger partial charge in [0.1, 0.15) is 10.5 Å². The Morgan fingerprint density at radius 1 is 1.24 bits per heavy atom. The number of nitrogens with zero attached hydrogens (tertiary/aromatic N) is 4. The molecule has 0 radical (unpaired) electrons. The van der Waals surface area contributed by atoms with E-state index in [1.165, 1.54) is 23.1 Å². The number of thiophene rings is 1. The number of aryl methyl sites for hydroxylation is 1. The Morgan fingerprint density at radius 2 is 2.08 bits per heavy atom. The minimum absolute atomic E-state index is 0.0294. The molecule has 5 nitrogen and oxygen atoms in total. The number of aromatic nitrogens is 4. The summed E-state index contributed by atoms with van der Waals surface area (Å²) in [6, 6.07) is 7.59. The molecule has 4 rings (SSSR count). The van der Waals surface area contributed by atoms with E-state index in [4.69, 9.17) is 11.6 Å². The van der Waals surface area contributed by atoms with Crippen LogP contribution in [0.25, 0.3) is 21.3 Å². The Hall–Kier alpha value is -1.83. The van der Waals surface area contributed by atoms with Crippen LogP contribution in [-0.4, -0.2) is 19.1 Å². The van der Waals surface area contributed by atoms with Crippen molar-refractivity contribution in [2.45, 2.75) is 24.4 Å². The molecule has 3 heterocycles. The lowest BCUT2D eigenvalue weighted by molar-refractivity contribution is 0.635. The summed E-state index contributed by atoms with van der Waals surface area (Å²) in [5.74, 6) is 1.55. The lowest BCUT2D eigenvalue weighted by Gasteiger charge is -2.09. The first-order valence-electron chi connectivity index (χ1n) is 7.80. The van der Waals surface area contributed by atoms with Crippen LogP contribution in [0.3, 0.4) is 0 Å². The topological polar surface area (TPSA) is 52.7 Å². The van der Waals surface area contributed by atoms with Crippen LogP contribution < -0.4 is 5.56 Å². The molecule has 0 amide bonds. The summed E-state index contributed by atoms with van der Waals surface area (Å²) in [6.07, 6.45) is 0. The Balaban J connectivity index is 1.71. The monoisotopic (exact) mass is 390 g/mol. The van der Waals surface area contributed by atoms with Gasteiger partial charge in [0, 0.05) is 18.6 Å². The molecule has 0 N–H and O–H groups in total. The molecule has 0 aliphatic carbocycles. The third kappa shape index (κ3) is 2.86. The second-order valence-corrected chi connectivity index (χ2v) is 7.88. The Morgan fingerprint density at radius 3 is 2.88 bits per heavy atom. The summed E-state index contributed by atoms with van der Waals surface area (Å²) in [6.45, 7) is 2.56. The third-order valence-corrected chi connectivity index (χ3v) is 6.21. The maximum atomic E-state index is 12.6. The molecular formula is C17H15ClN4OS2. The molecule has 0 aliphatic rings. The van der Waals surface area contributed by atoms with E-state index >= 15 is 0 Å². The van der Waals surface area contributed by atoms with Gasteiger partial charge in [-0.15, -0.1) is 11.3 Å². The Kier molecular flexibility index (Phi) is 4.31. The standard InChI is InChI=1S/C17H15ClN4OS2/c1-3-22-16(23)15-11(6-7-24-15)20-17(22)25-9-14-19-12-8-10(18)4-5-13(12)21(14)2/h4-8H,3,9H2,1-2H3. The number of fused-ring (bicyclic) bond motifs is 2. The van der Waals surface area contributed by atoms with Crippen LogP contribution in [0.5, 0.6) is 0 Å². The molecule has 4 aromatic rings. The molecule has 0 atom stereocenters.